The fraction of sp³-hybridized carbons (Fsp3) is 0.417. The van der Waals surface area contributed by atoms with Gasteiger partial charge in [-0.1, -0.05) is 48.7 Å². The number of hydrogen-bond donors (Lipinski definition) is 1. The van der Waals surface area contributed by atoms with Crippen molar-refractivity contribution >= 4 is 29.1 Å². The first-order valence-corrected chi connectivity index (χ1v) is 12.6. The third-order valence-corrected chi connectivity index (χ3v) is 7.35. The smallest absolute Gasteiger partial charge is 0.231 e. The molecule has 1 aromatic heterocycles. The van der Waals surface area contributed by atoms with E-state index >= 15 is 0 Å². The average molecular weight is 487 g/mol. The molecule has 5 rings (SSSR count). The minimum Gasteiger partial charge on any atom is -0.497 e. The number of nitrogens with zero attached hydrogens (tertiary/aromatic N) is 3. The molecule has 0 unspecified atom stereocenters. The van der Waals surface area contributed by atoms with E-state index in [-0.39, 0.29) is 6.79 Å². The van der Waals surface area contributed by atoms with E-state index in [1.807, 2.05) is 36.4 Å². The molecule has 1 N–H and O–H groups in total. The Morgan fingerprint density at radius 3 is 2.88 bits per heavy atom. The largest absolute Gasteiger partial charge is 0.497 e. The van der Waals surface area contributed by atoms with Crippen LogP contribution in [-0.2, 0) is 12.3 Å². The van der Waals surface area contributed by atoms with Crippen molar-refractivity contribution in [2.45, 2.75) is 55.6 Å². The van der Waals surface area contributed by atoms with E-state index in [2.05, 4.69) is 20.1 Å². The lowest BCUT2D eigenvalue weighted by Crippen LogP contribution is -2.18. The Morgan fingerprint density at radius 2 is 2.03 bits per heavy atom. The number of hydrogen-bond acceptors (Lipinski definition) is 7. The summed E-state index contributed by atoms with van der Waals surface area (Å²) in [5.41, 5.74) is 2.07. The van der Waals surface area contributed by atoms with Crippen molar-refractivity contribution in [2.24, 2.45) is 0 Å². The van der Waals surface area contributed by atoms with Crippen LogP contribution in [0.2, 0.25) is 5.02 Å². The molecule has 2 aliphatic rings. The monoisotopic (exact) mass is 486 g/mol. The quantitative estimate of drug-likeness (QED) is 0.387. The molecule has 0 spiro atoms. The summed E-state index contributed by atoms with van der Waals surface area (Å²) in [4.78, 5) is 0. The second kappa shape index (κ2) is 10.1. The Bertz CT molecular complexity index is 1120. The third kappa shape index (κ3) is 5.01. The molecule has 1 aliphatic heterocycles. The van der Waals surface area contributed by atoms with Gasteiger partial charge in [0, 0.05) is 23.5 Å². The molecule has 1 aliphatic carbocycles. The normalized spacial score (nSPS) is 15.6. The topological polar surface area (TPSA) is 70.4 Å². The van der Waals surface area contributed by atoms with Gasteiger partial charge in [0.1, 0.15) is 5.75 Å². The number of halogens is 1. The molecule has 0 radical (unpaired) electrons. The molecule has 0 bridgehead atoms. The van der Waals surface area contributed by atoms with E-state index in [0.29, 0.717) is 29.1 Å². The van der Waals surface area contributed by atoms with Crippen LogP contribution in [0.25, 0.3) is 0 Å². The second-order valence-electron chi connectivity index (χ2n) is 8.25. The van der Waals surface area contributed by atoms with E-state index < -0.39 is 0 Å². The van der Waals surface area contributed by atoms with Crippen LogP contribution in [0.15, 0.2) is 41.6 Å². The summed E-state index contributed by atoms with van der Waals surface area (Å²) in [7, 11) is 1.68. The van der Waals surface area contributed by atoms with Crippen LogP contribution < -0.4 is 19.5 Å². The minimum atomic E-state index is 0.214. The molecule has 174 valence electrons. The highest BCUT2D eigenvalue weighted by atomic mass is 35.5. The number of thioether (sulfide) groups is 1. The Labute approximate surface area is 202 Å². The Morgan fingerprint density at radius 1 is 1.15 bits per heavy atom. The molecule has 1 saturated carbocycles. The number of methoxy groups -OCH3 is 1. The number of anilines is 1. The second-order valence-corrected chi connectivity index (χ2v) is 9.60. The van der Waals surface area contributed by atoms with Gasteiger partial charge in [0.05, 0.1) is 18.7 Å². The summed E-state index contributed by atoms with van der Waals surface area (Å²) < 4.78 is 18.6. The molecular weight excluding hydrogens is 460 g/mol. The summed E-state index contributed by atoms with van der Waals surface area (Å²) >= 11 is 8.05. The summed E-state index contributed by atoms with van der Waals surface area (Å²) in [6.45, 7) is 0.818. The van der Waals surface area contributed by atoms with Gasteiger partial charge in [-0.15, -0.1) is 10.2 Å². The maximum atomic E-state index is 6.37. The van der Waals surface area contributed by atoms with E-state index in [9.17, 15) is 0 Å². The van der Waals surface area contributed by atoms with Crippen molar-refractivity contribution in [1.82, 2.24) is 14.8 Å². The molecule has 0 saturated heterocycles. The lowest BCUT2D eigenvalue weighted by Gasteiger charge is -2.25. The van der Waals surface area contributed by atoms with E-state index in [1.165, 1.54) is 19.3 Å². The molecule has 2 aromatic carbocycles. The molecule has 0 atom stereocenters. The van der Waals surface area contributed by atoms with Crippen LogP contribution in [0, 0.1) is 0 Å². The number of fused-ring (bicyclic) bond motifs is 1. The van der Waals surface area contributed by atoms with Crippen LogP contribution in [0.5, 0.6) is 17.2 Å². The molecule has 33 heavy (non-hydrogen) atoms. The Hall–Kier alpha value is -2.58. The zero-order valence-corrected chi connectivity index (χ0v) is 20.1. The highest BCUT2D eigenvalue weighted by Gasteiger charge is 2.24. The fourth-order valence-electron chi connectivity index (χ4n) is 4.40. The van der Waals surface area contributed by atoms with Gasteiger partial charge in [-0.2, -0.15) is 0 Å². The highest BCUT2D eigenvalue weighted by molar-refractivity contribution is 7.98. The lowest BCUT2D eigenvalue weighted by atomic mass is 9.95. The van der Waals surface area contributed by atoms with Gasteiger partial charge in [0.15, 0.2) is 22.5 Å². The van der Waals surface area contributed by atoms with Crippen molar-refractivity contribution in [3.8, 4) is 17.2 Å². The van der Waals surface area contributed by atoms with Crippen LogP contribution in [0.4, 0.5) is 5.69 Å². The van der Waals surface area contributed by atoms with Gasteiger partial charge in [-0.3, -0.25) is 0 Å². The summed E-state index contributed by atoms with van der Waals surface area (Å²) in [6, 6.07) is 12.3. The first-order valence-electron chi connectivity index (χ1n) is 11.2. The summed E-state index contributed by atoms with van der Waals surface area (Å²) in [6.07, 6.45) is 6.11. The summed E-state index contributed by atoms with van der Waals surface area (Å²) in [5, 5.41) is 14.1. The van der Waals surface area contributed by atoms with Crippen molar-refractivity contribution in [3.05, 3.63) is 52.8 Å². The number of nitrogens with one attached hydrogen (secondary N) is 1. The molecule has 7 nitrogen and oxygen atoms in total. The third-order valence-electron chi connectivity index (χ3n) is 6.05. The zero-order valence-electron chi connectivity index (χ0n) is 18.6. The van der Waals surface area contributed by atoms with Gasteiger partial charge in [-0.05, 0) is 42.7 Å². The molecule has 9 heteroatoms. The van der Waals surface area contributed by atoms with Crippen LogP contribution in [-0.4, -0.2) is 28.7 Å². The van der Waals surface area contributed by atoms with Gasteiger partial charge in [-0.25, -0.2) is 0 Å². The summed E-state index contributed by atoms with van der Waals surface area (Å²) in [5.74, 6) is 3.84. The van der Waals surface area contributed by atoms with Gasteiger partial charge >= 0.3 is 0 Å². The first kappa shape index (κ1) is 22.2. The number of aromatic nitrogens is 3. The Kier molecular flexibility index (Phi) is 6.83. The molecular formula is C24H27ClN4O3S. The SMILES string of the molecule is COc1cccc(NCc2nnc(SCc3cc(Cl)c4c(c3)OCO4)n2C2CCCCC2)c1. The number of ether oxygens (including phenoxy) is 3. The van der Waals surface area contributed by atoms with Crippen LogP contribution in [0.1, 0.15) is 49.5 Å². The fourth-order valence-corrected chi connectivity index (χ4v) is 5.64. The average Bonchev–Trinajstić information content (AvgIpc) is 3.49. The van der Waals surface area contributed by atoms with Gasteiger partial charge < -0.3 is 24.1 Å². The van der Waals surface area contributed by atoms with Crippen LogP contribution >= 0.6 is 23.4 Å². The predicted molar refractivity (Wildman–Crippen MR) is 130 cm³/mol. The highest BCUT2D eigenvalue weighted by Crippen LogP contribution is 2.41. The van der Waals surface area contributed by atoms with Crippen molar-refractivity contribution < 1.29 is 14.2 Å². The van der Waals surface area contributed by atoms with E-state index in [1.54, 1.807) is 18.9 Å². The predicted octanol–water partition coefficient (Wildman–Crippen LogP) is 6.08. The zero-order chi connectivity index (χ0) is 22.6. The molecule has 3 aromatic rings. The molecule has 1 fully saturated rings. The lowest BCUT2D eigenvalue weighted by molar-refractivity contribution is 0.174. The maximum Gasteiger partial charge on any atom is 0.231 e. The van der Waals surface area contributed by atoms with Crippen LogP contribution in [0.3, 0.4) is 0 Å². The Balaban J connectivity index is 1.34. The van der Waals surface area contributed by atoms with Gasteiger partial charge in [0.25, 0.3) is 0 Å². The minimum absolute atomic E-state index is 0.214. The van der Waals surface area contributed by atoms with E-state index in [0.717, 1.165) is 46.6 Å². The van der Waals surface area contributed by atoms with Crippen molar-refractivity contribution in [3.63, 3.8) is 0 Å². The van der Waals surface area contributed by atoms with Crippen molar-refractivity contribution in [1.29, 1.82) is 0 Å². The van der Waals surface area contributed by atoms with E-state index in [4.69, 9.17) is 25.8 Å². The van der Waals surface area contributed by atoms with Crippen molar-refractivity contribution in [2.75, 3.05) is 19.2 Å². The standard InChI is InChI=1S/C24H27ClN4O3S/c1-30-19-9-5-6-17(12-19)26-13-22-27-28-24(29(22)18-7-3-2-4-8-18)33-14-16-10-20(25)23-21(11-16)31-15-32-23/h5-6,9-12,18,26H,2-4,7-8,13-15H2,1H3. The first-order chi connectivity index (χ1) is 16.2. The molecule has 2 heterocycles. The molecule has 0 amide bonds. The van der Waals surface area contributed by atoms with Gasteiger partial charge in [0.2, 0.25) is 6.79 Å². The maximum absolute atomic E-state index is 6.37. The number of benzene rings is 2. The number of rotatable bonds is 8.